The highest BCUT2D eigenvalue weighted by Gasteiger charge is 2.68. The van der Waals surface area contributed by atoms with E-state index in [0.29, 0.717) is 11.5 Å². The first-order valence-corrected chi connectivity index (χ1v) is 19.5. The number of nitriles is 1. The quantitative estimate of drug-likeness (QED) is 0.0735. The van der Waals surface area contributed by atoms with Gasteiger partial charge in [0.05, 0.1) is 46.0 Å². The van der Waals surface area contributed by atoms with Crippen LogP contribution in [0.15, 0.2) is 101 Å². The minimum absolute atomic E-state index is 0.0206. The molecule has 2 aliphatic rings. The maximum atomic E-state index is 13.3. The third-order valence-corrected chi connectivity index (χ3v) is 12.2. The lowest BCUT2D eigenvalue weighted by atomic mass is 9.79. The zero-order valence-electron chi connectivity index (χ0n) is 32.2. The molecule has 2 bridgehead atoms. The molecule has 0 spiro atoms. The molecule has 1 aromatic heterocycles. The molecule has 3 aromatic carbocycles. The smallest absolute Gasteiger partial charge is 0.330 e. The molecule has 2 fully saturated rings. The van der Waals surface area contributed by atoms with Crippen LogP contribution in [0.4, 0.5) is 0 Å². The fourth-order valence-corrected chi connectivity index (χ4v) is 9.32. The van der Waals surface area contributed by atoms with Crippen molar-refractivity contribution in [2.75, 3.05) is 27.4 Å². The van der Waals surface area contributed by atoms with E-state index in [1.54, 1.807) is 14.2 Å². The van der Waals surface area contributed by atoms with Gasteiger partial charge in [0.2, 0.25) is 0 Å². The number of nitrogens with zero attached hydrogens (tertiary/aromatic N) is 3. The molecule has 6 atom stereocenters. The summed E-state index contributed by atoms with van der Waals surface area (Å²) >= 11 is 0. The Morgan fingerprint density at radius 1 is 0.909 bits per heavy atom. The van der Waals surface area contributed by atoms with Crippen LogP contribution >= 0.6 is 8.53 Å². The summed E-state index contributed by atoms with van der Waals surface area (Å²) in [6.45, 7) is 10.4. The Morgan fingerprint density at radius 2 is 1.49 bits per heavy atom. The second-order valence-corrected chi connectivity index (χ2v) is 15.5. The number of ether oxygens (including phenoxy) is 5. The Kier molecular flexibility index (Phi) is 12.6. The zero-order chi connectivity index (χ0) is 39.3. The molecule has 14 heteroatoms. The molecular formula is C41H49N4O9P. The number of hydrogen-bond acceptors (Lipinski definition) is 11. The maximum absolute atomic E-state index is 13.3. The number of H-pyrrole nitrogens is 1. The molecule has 4 aromatic rings. The van der Waals surface area contributed by atoms with E-state index in [2.05, 4.69) is 43.4 Å². The van der Waals surface area contributed by atoms with Gasteiger partial charge in [0.15, 0.2) is 6.23 Å². The average Bonchev–Trinajstić information content (AvgIpc) is 3.69. The normalized spacial score (nSPS) is 21.9. The summed E-state index contributed by atoms with van der Waals surface area (Å²) in [5.74, 6) is 1.37. The van der Waals surface area contributed by atoms with E-state index < -0.39 is 55.5 Å². The first-order valence-electron chi connectivity index (χ1n) is 18.4. The molecule has 2 aliphatic heterocycles. The molecule has 1 N–H and O–H groups in total. The molecule has 13 nitrogen and oxygen atoms in total. The maximum Gasteiger partial charge on any atom is 0.330 e. The van der Waals surface area contributed by atoms with Crippen molar-refractivity contribution in [1.82, 2.24) is 14.2 Å². The predicted octanol–water partition coefficient (Wildman–Crippen LogP) is 6.28. The molecular weight excluding hydrogens is 723 g/mol. The second-order valence-electron chi connectivity index (χ2n) is 14.1. The highest BCUT2D eigenvalue weighted by molar-refractivity contribution is 7.44. The third kappa shape index (κ3) is 7.86. The van der Waals surface area contributed by atoms with E-state index in [0.717, 1.165) is 16.7 Å². The fourth-order valence-electron chi connectivity index (χ4n) is 7.52. The van der Waals surface area contributed by atoms with Gasteiger partial charge in [-0.1, -0.05) is 54.6 Å². The van der Waals surface area contributed by atoms with Crippen molar-refractivity contribution in [3.8, 4) is 17.6 Å². The van der Waals surface area contributed by atoms with Gasteiger partial charge in [-0.3, -0.25) is 14.3 Å². The van der Waals surface area contributed by atoms with E-state index in [9.17, 15) is 14.9 Å². The molecule has 2 saturated heterocycles. The lowest BCUT2D eigenvalue weighted by Crippen LogP contribution is -2.55. The molecule has 55 heavy (non-hydrogen) atoms. The number of nitrogens with one attached hydrogen (secondary N) is 1. The Hall–Kier alpha value is -4.38. The summed E-state index contributed by atoms with van der Waals surface area (Å²) in [5.41, 5.74) is -1.22. The van der Waals surface area contributed by atoms with Crippen molar-refractivity contribution >= 4 is 8.53 Å². The summed E-state index contributed by atoms with van der Waals surface area (Å²) in [6, 6.07) is 28.9. The van der Waals surface area contributed by atoms with E-state index >= 15 is 0 Å². The van der Waals surface area contributed by atoms with Gasteiger partial charge in [-0.2, -0.15) is 5.26 Å². The molecule has 0 amide bonds. The number of aromatic nitrogens is 2. The van der Waals surface area contributed by atoms with Gasteiger partial charge in [-0.05, 0) is 75.6 Å². The van der Waals surface area contributed by atoms with Crippen LogP contribution < -0.4 is 20.7 Å². The molecule has 292 valence electrons. The van der Waals surface area contributed by atoms with Gasteiger partial charge in [-0.25, -0.2) is 9.46 Å². The zero-order valence-corrected chi connectivity index (χ0v) is 33.1. The van der Waals surface area contributed by atoms with Crippen LogP contribution in [-0.2, 0) is 28.9 Å². The summed E-state index contributed by atoms with van der Waals surface area (Å²) in [4.78, 5) is 27.7. The number of fused-ring (bicyclic) bond motifs is 2. The number of methoxy groups -OCH3 is 2. The van der Waals surface area contributed by atoms with Crippen molar-refractivity contribution in [1.29, 1.82) is 5.26 Å². The van der Waals surface area contributed by atoms with Crippen LogP contribution in [0.1, 0.15) is 64.0 Å². The highest BCUT2D eigenvalue weighted by atomic mass is 31.2. The van der Waals surface area contributed by atoms with E-state index in [-0.39, 0.29) is 31.7 Å². The lowest BCUT2D eigenvalue weighted by molar-refractivity contribution is -0.230. The molecule has 6 rings (SSSR count). The average molecular weight is 773 g/mol. The highest BCUT2D eigenvalue weighted by Crippen LogP contribution is 2.57. The fraction of sp³-hybridized carbons (Fsp3) is 0.439. The molecule has 3 heterocycles. The van der Waals surface area contributed by atoms with Gasteiger partial charge >= 0.3 is 5.69 Å². The standard InChI is InChI=1S/C41H49N4O9P/c1-27(2)45(28(3)4)55(51-25-11-23-42)54-37-36-38(44-24-22-35(46)43-39(44)47)53-40(37,26-50-36)29(5)52-41(30-12-9-8-10-13-30,31-14-18-33(48-6)19-15-31)32-16-20-34(49-7)21-17-32/h8-10,12-22,24,27-29,36-38H,11,25-26H2,1-7H3,(H,43,46,47)/t29-,36+,37-,38-,40+,55?/m1/s1. The topological polar surface area (TPSA) is 147 Å². The molecule has 0 saturated carbocycles. The van der Waals surface area contributed by atoms with Gasteiger partial charge in [0.1, 0.15) is 34.9 Å². The van der Waals surface area contributed by atoms with Crippen LogP contribution in [-0.4, -0.2) is 77.7 Å². The Bertz CT molecular complexity index is 1980. The Balaban J connectivity index is 1.52. The van der Waals surface area contributed by atoms with Crippen LogP contribution in [0.2, 0.25) is 0 Å². The monoisotopic (exact) mass is 772 g/mol. The predicted molar refractivity (Wildman–Crippen MR) is 207 cm³/mol. The lowest BCUT2D eigenvalue weighted by Gasteiger charge is -2.44. The summed E-state index contributed by atoms with van der Waals surface area (Å²) in [7, 11) is 1.47. The molecule has 1 unspecified atom stereocenters. The number of rotatable bonds is 17. The summed E-state index contributed by atoms with van der Waals surface area (Å²) in [6.07, 6.45) is -1.80. The van der Waals surface area contributed by atoms with Crippen LogP contribution in [0.25, 0.3) is 0 Å². The van der Waals surface area contributed by atoms with E-state index in [1.165, 1.54) is 16.8 Å². The van der Waals surface area contributed by atoms with Crippen molar-refractivity contribution in [2.45, 2.75) is 88.9 Å². The number of benzene rings is 3. The SMILES string of the molecule is COc1ccc(C(O[C@H](C)[C@]23CO[C@H]([C@H](n4ccc(=O)[nH]c4=O)O2)[C@H]3OP(OCCC#N)N(C(C)C)C(C)C)(c2ccccc2)c2ccc(OC)cc2)cc1. The van der Waals surface area contributed by atoms with Gasteiger partial charge < -0.3 is 32.7 Å². The van der Waals surface area contributed by atoms with Crippen molar-refractivity contribution in [3.05, 3.63) is 129 Å². The van der Waals surface area contributed by atoms with Crippen molar-refractivity contribution in [3.63, 3.8) is 0 Å². The largest absolute Gasteiger partial charge is 0.497 e. The van der Waals surface area contributed by atoms with Crippen LogP contribution in [0.3, 0.4) is 0 Å². The Morgan fingerprint density at radius 3 is 2.02 bits per heavy atom. The van der Waals surface area contributed by atoms with Crippen LogP contribution in [0, 0.1) is 11.3 Å². The molecule has 0 radical (unpaired) electrons. The first-order chi connectivity index (χ1) is 26.5. The van der Waals surface area contributed by atoms with E-state index in [1.807, 2.05) is 85.8 Å². The third-order valence-electron chi connectivity index (χ3n) is 10.1. The molecule has 0 aliphatic carbocycles. The van der Waals surface area contributed by atoms with Gasteiger partial charge in [0, 0.05) is 24.3 Å². The minimum atomic E-state index is -1.78. The number of hydrogen-bond donors (Lipinski definition) is 1. The summed E-state index contributed by atoms with van der Waals surface area (Å²) < 4.78 is 49.0. The summed E-state index contributed by atoms with van der Waals surface area (Å²) in [5, 5.41) is 9.38. The van der Waals surface area contributed by atoms with Crippen molar-refractivity contribution < 1.29 is 32.7 Å². The van der Waals surface area contributed by atoms with E-state index in [4.69, 9.17) is 32.7 Å². The minimum Gasteiger partial charge on any atom is -0.497 e. The van der Waals surface area contributed by atoms with Crippen molar-refractivity contribution in [2.24, 2.45) is 0 Å². The van der Waals surface area contributed by atoms with Gasteiger partial charge in [0.25, 0.3) is 14.1 Å². The van der Waals surface area contributed by atoms with Gasteiger partial charge in [-0.15, -0.1) is 0 Å². The van der Waals surface area contributed by atoms with Crippen LogP contribution in [0.5, 0.6) is 11.5 Å². The number of aromatic amines is 1. The Labute approximate surface area is 322 Å². The second kappa shape index (κ2) is 17.2. The first kappa shape index (κ1) is 40.3.